The van der Waals surface area contributed by atoms with Crippen LogP contribution in [0.3, 0.4) is 0 Å². The van der Waals surface area contributed by atoms with Crippen LogP contribution in [0.1, 0.15) is 75.8 Å². The first kappa shape index (κ1) is 35.2. The van der Waals surface area contributed by atoms with E-state index in [0.29, 0.717) is 35.1 Å². The molecular weight excluding hydrogens is 724 g/mol. The molecule has 10 nitrogen and oxygen atoms in total. The predicted octanol–water partition coefficient (Wildman–Crippen LogP) is 7.93. The summed E-state index contributed by atoms with van der Waals surface area (Å²) < 4.78 is 8.46. The maximum absolute atomic E-state index is 15.2. The average molecular weight is 767 g/mol. The van der Waals surface area contributed by atoms with Gasteiger partial charge in [0.05, 0.1) is 34.7 Å². The number of anilines is 1. The van der Waals surface area contributed by atoms with Crippen molar-refractivity contribution in [2.24, 2.45) is 36.1 Å². The molecule has 280 valence electrons. The number of phenolic OH excluding ortho intramolecular Hbond substituents is 1. The summed E-state index contributed by atoms with van der Waals surface area (Å²) in [6.07, 6.45) is 7.48. The van der Waals surface area contributed by atoms with Crippen LogP contribution in [0.15, 0.2) is 54.1 Å². The van der Waals surface area contributed by atoms with Crippen molar-refractivity contribution in [1.29, 1.82) is 0 Å². The van der Waals surface area contributed by atoms with Crippen LogP contribution in [-0.4, -0.2) is 56.1 Å². The lowest BCUT2D eigenvalue weighted by Gasteiger charge is -2.49. The summed E-state index contributed by atoms with van der Waals surface area (Å²) in [6, 6.07) is 12.6. The van der Waals surface area contributed by atoms with Crippen molar-refractivity contribution >= 4 is 62.5 Å². The van der Waals surface area contributed by atoms with Gasteiger partial charge in [-0.25, -0.2) is 4.90 Å². The molecule has 2 aromatic carbocycles. The molecule has 2 aromatic heterocycles. The molecule has 2 aliphatic heterocycles. The van der Waals surface area contributed by atoms with Gasteiger partial charge in [-0.15, -0.1) is 11.3 Å². The highest BCUT2D eigenvalue weighted by molar-refractivity contribution is 7.22. The molecule has 4 amide bonds. The lowest BCUT2D eigenvalue weighted by Crippen LogP contribution is -2.49. The highest BCUT2D eigenvalue weighted by Crippen LogP contribution is 2.64. The van der Waals surface area contributed by atoms with Gasteiger partial charge in [0.25, 0.3) is 0 Å². The van der Waals surface area contributed by atoms with E-state index in [1.165, 1.54) is 4.90 Å². The number of nitrogens with zero attached hydrogens (tertiary/aromatic N) is 4. The zero-order chi connectivity index (χ0) is 37.8. The zero-order valence-electron chi connectivity index (χ0n) is 30.8. The number of benzene rings is 2. The fourth-order valence-corrected chi connectivity index (χ4v) is 11.9. The van der Waals surface area contributed by atoms with E-state index in [1.54, 1.807) is 46.2 Å². The number of amides is 4. The van der Waals surface area contributed by atoms with Crippen molar-refractivity contribution in [2.75, 3.05) is 11.5 Å². The Labute approximate surface area is 322 Å². The fraction of sp³-hybridized carbons (Fsp3) is 0.452. The van der Waals surface area contributed by atoms with E-state index < -0.39 is 35.0 Å². The van der Waals surface area contributed by atoms with Gasteiger partial charge < -0.3 is 9.84 Å². The molecule has 0 radical (unpaired) electrons. The molecule has 5 aliphatic rings. The Hall–Kier alpha value is -4.48. The molecule has 4 aromatic rings. The van der Waals surface area contributed by atoms with Gasteiger partial charge in [-0.2, -0.15) is 5.10 Å². The SMILES string of the molecule is CCOc1cc(C2C3=CCC4C(=O)N(C5CCCCC5)C(=O)C4C3CC3C(=O)N(c4cc(-c5sc6ccc(Cl)cc6c5C)nn4C)C(=O)C32C)ccc1O. The van der Waals surface area contributed by atoms with Crippen LogP contribution in [-0.2, 0) is 26.2 Å². The Bertz CT molecular complexity index is 2310. The quantitative estimate of drug-likeness (QED) is 0.156. The van der Waals surface area contributed by atoms with Crippen molar-refractivity contribution in [3.8, 4) is 22.1 Å². The monoisotopic (exact) mass is 766 g/mol. The number of aryl methyl sites for hydroxylation is 2. The van der Waals surface area contributed by atoms with Crippen molar-refractivity contribution in [3.63, 3.8) is 0 Å². The van der Waals surface area contributed by atoms with Gasteiger partial charge in [-0.1, -0.05) is 48.6 Å². The molecule has 1 N–H and O–H groups in total. The summed E-state index contributed by atoms with van der Waals surface area (Å²) in [5, 5.41) is 17.2. The smallest absolute Gasteiger partial charge is 0.242 e. The molecule has 0 spiro atoms. The van der Waals surface area contributed by atoms with Gasteiger partial charge in [0.15, 0.2) is 11.5 Å². The van der Waals surface area contributed by atoms with Crippen LogP contribution >= 0.6 is 22.9 Å². The maximum Gasteiger partial charge on any atom is 0.242 e. The van der Waals surface area contributed by atoms with Crippen molar-refractivity contribution in [3.05, 3.63) is 70.3 Å². The van der Waals surface area contributed by atoms with Gasteiger partial charge in [0.2, 0.25) is 23.6 Å². The number of hydrogen-bond donors (Lipinski definition) is 1. The number of fused-ring (bicyclic) bond motifs is 5. The first-order chi connectivity index (χ1) is 25.9. The standard InChI is InChI=1S/C42H43ClN4O6S/c1-5-53-32-17-22(11-15-31(32)48)36-25-13-14-26-35(40(51)46(38(26)49)24-9-7-6-8-10-24)28(25)19-29-39(50)47(41(52)42(29,36)3)34-20-30(44-45(34)4)37-21(2)27-18-23(43)12-16-33(27)54-37/h11-13,15-18,20,24,26,28-29,35-36,48H,5-10,14,19H2,1-4H3. The number of imide groups is 2. The number of rotatable bonds is 6. The largest absolute Gasteiger partial charge is 0.504 e. The predicted molar refractivity (Wildman–Crippen MR) is 206 cm³/mol. The van der Waals surface area contributed by atoms with Crippen LogP contribution < -0.4 is 9.64 Å². The normalized spacial score (nSPS) is 28.5. The Morgan fingerprint density at radius 1 is 1.00 bits per heavy atom. The second-order valence-corrected chi connectivity index (χ2v) is 17.4. The number of aromatic nitrogens is 2. The molecule has 4 fully saturated rings. The van der Waals surface area contributed by atoms with E-state index in [2.05, 4.69) is 6.08 Å². The van der Waals surface area contributed by atoms with Gasteiger partial charge in [-0.05, 0) is 99.2 Å². The zero-order valence-corrected chi connectivity index (χ0v) is 32.4. The lowest BCUT2D eigenvalue weighted by molar-refractivity contribution is -0.144. The van der Waals surface area contributed by atoms with Crippen LogP contribution in [0, 0.1) is 36.0 Å². The Morgan fingerprint density at radius 3 is 2.54 bits per heavy atom. The van der Waals surface area contributed by atoms with E-state index in [1.807, 2.05) is 45.0 Å². The van der Waals surface area contributed by atoms with E-state index in [9.17, 15) is 19.5 Å². The first-order valence-corrected chi connectivity index (χ1v) is 20.3. The number of carbonyl (C=O) groups is 4. The molecule has 6 atom stereocenters. The first-order valence-electron chi connectivity index (χ1n) is 19.1. The number of likely N-dealkylation sites (tertiary alicyclic amines) is 1. The minimum atomic E-state index is -1.24. The van der Waals surface area contributed by atoms with E-state index in [0.717, 1.165) is 58.2 Å². The van der Waals surface area contributed by atoms with Crippen molar-refractivity contribution < 1.29 is 29.0 Å². The Kier molecular flexibility index (Phi) is 8.35. The lowest BCUT2D eigenvalue weighted by atomic mass is 9.51. The maximum atomic E-state index is 15.2. The van der Waals surface area contributed by atoms with Gasteiger partial charge in [0, 0.05) is 34.8 Å². The number of hydrogen-bond acceptors (Lipinski definition) is 8. The number of carbonyl (C=O) groups excluding carboxylic acids is 4. The van der Waals surface area contributed by atoms with Gasteiger partial charge in [-0.3, -0.25) is 28.8 Å². The summed E-state index contributed by atoms with van der Waals surface area (Å²) in [6.45, 7) is 6.04. The Balaban J connectivity index is 1.15. The summed E-state index contributed by atoms with van der Waals surface area (Å²) >= 11 is 7.91. The number of thiophene rings is 1. The number of halogens is 1. The molecule has 6 unspecified atom stereocenters. The minimum Gasteiger partial charge on any atom is -0.504 e. The molecule has 54 heavy (non-hydrogen) atoms. The molecular formula is C42H43ClN4O6S. The van der Waals surface area contributed by atoms with Crippen LogP contribution in [0.25, 0.3) is 20.7 Å². The van der Waals surface area contributed by atoms with E-state index in [-0.39, 0.29) is 47.6 Å². The fourth-order valence-electron chi connectivity index (χ4n) is 10.5. The third kappa shape index (κ3) is 4.99. The second-order valence-electron chi connectivity index (χ2n) is 15.9. The summed E-state index contributed by atoms with van der Waals surface area (Å²) in [5.74, 6) is -3.18. The van der Waals surface area contributed by atoms with Crippen LogP contribution in [0.4, 0.5) is 5.82 Å². The summed E-state index contributed by atoms with van der Waals surface area (Å²) in [4.78, 5) is 62.4. The molecule has 2 saturated heterocycles. The number of allylic oxidation sites excluding steroid dienone is 2. The van der Waals surface area contributed by atoms with Gasteiger partial charge >= 0.3 is 0 Å². The van der Waals surface area contributed by atoms with E-state index >= 15 is 4.79 Å². The van der Waals surface area contributed by atoms with Crippen LogP contribution in [0.2, 0.25) is 5.02 Å². The molecule has 0 bridgehead atoms. The third-order valence-electron chi connectivity index (χ3n) is 13.1. The van der Waals surface area contributed by atoms with E-state index in [4.69, 9.17) is 21.4 Å². The highest BCUT2D eigenvalue weighted by Gasteiger charge is 2.68. The number of ether oxygens (including phenoxy) is 1. The van der Waals surface area contributed by atoms with Crippen LogP contribution in [0.5, 0.6) is 11.5 Å². The summed E-state index contributed by atoms with van der Waals surface area (Å²) in [5.41, 5.74) is 2.05. The summed E-state index contributed by atoms with van der Waals surface area (Å²) in [7, 11) is 1.74. The third-order valence-corrected chi connectivity index (χ3v) is 14.6. The number of phenols is 1. The molecule has 9 rings (SSSR count). The van der Waals surface area contributed by atoms with Gasteiger partial charge in [0.1, 0.15) is 11.5 Å². The second kappa shape index (κ2) is 12.8. The number of aromatic hydroxyl groups is 1. The molecule has 12 heteroatoms. The molecule has 3 aliphatic carbocycles. The molecule has 2 saturated carbocycles. The minimum absolute atomic E-state index is 0.0243. The van der Waals surface area contributed by atoms with Crippen molar-refractivity contribution in [1.82, 2.24) is 14.7 Å². The van der Waals surface area contributed by atoms with Crippen molar-refractivity contribution in [2.45, 2.75) is 77.7 Å². The molecule has 4 heterocycles. The average Bonchev–Trinajstić information content (AvgIpc) is 3.83. The topological polar surface area (TPSA) is 122 Å². The highest BCUT2D eigenvalue weighted by atomic mass is 35.5. The Morgan fingerprint density at radius 2 is 1.78 bits per heavy atom.